The van der Waals surface area contributed by atoms with E-state index in [2.05, 4.69) is 20.6 Å². The minimum absolute atomic E-state index is 0.344. The zero-order valence-electron chi connectivity index (χ0n) is 16.1. The van der Waals surface area contributed by atoms with Gasteiger partial charge in [-0.25, -0.2) is 4.98 Å². The molecule has 0 aliphatic heterocycles. The van der Waals surface area contributed by atoms with E-state index in [-0.39, 0.29) is 0 Å². The predicted molar refractivity (Wildman–Crippen MR) is 104 cm³/mol. The second-order valence-electron chi connectivity index (χ2n) is 7.11. The molecule has 2 N–H and O–H groups in total. The molecule has 1 heterocycles. The number of guanidine groups is 1. The molecule has 0 radical (unpaired) electrons. The topological polar surface area (TPSA) is 61.8 Å². The van der Waals surface area contributed by atoms with Gasteiger partial charge in [0.25, 0.3) is 0 Å². The van der Waals surface area contributed by atoms with Gasteiger partial charge in [-0.3, -0.25) is 4.99 Å². The molecule has 0 saturated heterocycles. The number of aromatic nitrogens is 1. The van der Waals surface area contributed by atoms with E-state index in [4.69, 9.17) is 4.74 Å². The van der Waals surface area contributed by atoms with Crippen molar-refractivity contribution in [1.29, 1.82) is 0 Å². The zero-order valence-corrected chi connectivity index (χ0v) is 16.1. The van der Waals surface area contributed by atoms with E-state index in [9.17, 15) is 0 Å². The molecule has 140 valence electrons. The Balaban J connectivity index is 1.87. The van der Waals surface area contributed by atoms with Crippen LogP contribution in [0.2, 0.25) is 0 Å². The Kier molecular flexibility index (Phi) is 7.50. The standard InChI is InChI=1S/C19H33N5O/c1-20-18(21-14-16-8-7-9-17(23-16)24(2)3)22-15-19(12-13-25-4)10-5-6-11-19/h7-9H,5-6,10-15H2,1-4H3,(H2,20,21,22). The van der Waals surface area contributed by atoms with Crippen LogP contribution < -0.4 is 15.5 Å². The van der Waals surface area contributed by atoms with Crippen molar-refractivity contribution in [3.05, 3.63) is 23.9 Å². The van der Waals surface area contributed by atoms with E-state index in [1.807, 2.05) is 44.2 Å². The van der Waals surface area contributed by atoms with Crippen molar-refractivity contribution in [2.45, 2.75) is 38.6 Å². The molecule has 0 atom stereocenters. The lowest BCUT2D eigenvalue weighted by Crippen LogP contribution is -2.43. The van der Waals surface area contributed by atoms with Crippen LogP contribution in [0.4, 0.5) is 5.82 Å². The van der Waals surface area contributed by atoms with E-state index in [1.165, 1.54) is 25.7 Å². The smallest absolute Gasteiger partial charge is 0.191 e. The Morgan fingerprint density at radius 2 is 2.04 bits per heavy atom. The maximum Gasteiger partial charge on any atom is 0.191 e. The molecule has 1 aromatic rings. The Hall–Kier alpha value is -1.82. The van der Waals surface area contributed by atoms with Crippen LogP contribution in [0.5, 0.6) is 0 Å². The number of ether oxygens (including phenoxy) is 1. The Labute approximate surface area is 152 Å². The zero-order chi connectivity index (χ0) is 18.1. The maximum absolute atomic E-state index is 5.31. The highest BCUT2D eigenvalue weighted by Crippen LogP contribution is 2.40. The van der Waals surface area contributed by atoms with E-state index in [0.29, 0.717) is 12.0 Å². The highest BCUT2D eigenvalue weighted by molar-refractivity contribution is 5.79. The van der Waals surface area contributed by atoms with Crippen molar-refractivity contribution < 1.29 is 4.74 Å². The van der Waals surface area contributed by atoms with Gasteiger partial charge in [0.2, 0.25) is 0 Å². The van der Waals surface area contributed by atoms with Crippen LogP contribution in [0.25, 0.3) is 0 Å². The predicted octanol–water partition coefficient (Wildman–Crippen LogP) is 2.41. The van der Waals surface area contributed by atoms with E-state index < -0.39 is 0 Å². The van der Waals surface area contributed by atoms with Crippen molar-refractivity contribution in [3.8, 4) is 0 Å². The number of pyridine rings is 1. The lowest BCUT2D eigenvalue weighted by Gasteiger charge is -2.30. The number of nitrogens with one attached hydrogen (secondary N) is 2. The third-order valence-corrected chi connectivity index (χ3v) is 5.04. The van der Waals surface area contributed by atoms with Crippen LogP contribution >= 0.6 is 0 Å². The fraction of sp³-hybridized carbons (Fsp3) is 0.684. The number of anilines is 1. The van der Waals surface area contributed by atoms with Gasteiger partial charge in [-0.2, -0.15) is 0 Å². The molecule has 1 aliphatic carbocycles. The summed E-state index contributed by atoms with van der Waals surface area (Å²) in [7, 11) is 7.60. The molecule has 0 amide bonds. The van der Waals surface area contributed by atoms with Gasteiger partial charge in [-0.15, -0.1) is 0 Å². The Bertz CT molecular complexity index is 553. The van der Waals surface area contributed by atoms with Crippen molar-refractivity contribution >= 4 is 11.8 Å². The second kappa shape index (κ2) is 9.61. The highest BCUT2D eigenvalue weighted by atomic mass is 16.5. The van der Waals surface area contributed by atoms with Gasteiger partial charge in [-0.05, 0) is 36.8 Å². The van der Waals surface area contributed by atoms with Crippen molar-refractivity contribution in [3.63, 3.8) is 0 Å². The van der Waals surface area contributed by atoms with Gasteiger partial charge in [0.1, 0.15) is 5.82 Å². The first kappa shape index (κ1) is 19.5. The van der Waals surface area contributed by atoms with E-state index >= 15 is 0 Å². The number of methoxy groups -OCH3 is 1. The molecule has 1 aliphatic rings. The molecule has 0 unspecified atom stereocenters. The molecule has 0 bridgehead atoms. The van der Waals surface area contributed by atoms with Crippen LogP contribution in [0.15, 0.2) is 23.2 Å². The minimum atomic E-state index is 0.344. The summed E-state index contributed by atoms with van der Waals surface area (Å²) < 4.78 is 5.31. The molecule has 6 heteroatoms. The first-order valence-electron chi connectivity index (χ1n) is 9.15. The maximum atomic E-state index is 5.31. The van der Waals surface area contributed by atoms with Gasteiger partial charge in [0.15, 0.2) is 5.96 Å². The van der Waals surface area contributed by atoms with Crippen molar-refractivity contribution in [2.75, 3.05) is 46.3 Å². The van der Waals surface area contributed by atoms with E-state index in [0.717, 1.165) is 37.0 Å². The molecular weight excluding hydrogens is 314 g/mol. The molecule has 6 nitrogen and oxygen atoms in total. The van der Waals surface area contributed by atoms with Gasteiger partial charge in [0.05, 0.1) is 12.2 Å². The normalized spacial score (nSPS) is 16.7. The Morgan fingerprint density at radius 3 is 2.68 bits per heavy atom. The van der Waals surface area contributed by atoms with Crippen LogP contribution in [-0.2, 0) is 11.3 Å². The number of hydrogen-bond donors (Lipinski definition) is 2. The summed E-state index contributed by atoms with van der Waals surface area (Å²) in [6, 6.07) is 6.08. The quantitative estimate of drug-likeness (QED) is 0.559. The second-order valence-corrected chi connectivity index (χ2v) is 7.11. The minimum Gasteiger partial charge on any atom is -0.385 e. The largest absolute Gasteiger partial charge is 0.385 e. The third-order valence-electron chi connectivity index (χ3n) is 5.04. The summed E-state index contributed by atoms with van der Waals surface area (Å²) in [5.41, 5.74) is 1.35. The highest BCUT2D eigenvalue weighted by Gasteiger charge is 2.33. The van der Waals surface area contributed by atoms with Crippen LogP contribution in [0.1, 0.15) is 37.8 Å². The lowest BCUT2D eigenvalue weighted by atomic mass is 9.83. The number of nitrogens with zero attached hydrogens (tertiary/aromatic N) is 3. The van der Waals surface area contributed by atoms with Crippen LogP contribution in [0.3, 0.4) is 0 Å². The van der Waals surface area contributed by atoms with E-state index in [1.54, 1.807) is 7.11 Å². The fourth-order valence-corrected chi connectivity index (χ4v) is 3.44. The van der Waals surface area contributed by atoms with Gasteiger partial charge >= 0.3 is 0 Å². The van der Waals surface area contributed by atoms with Crippen LogP contribution in [0, 0.1) is 5.41 Å². The molecule has 1 aromatic heterocycles. The lowest BCUT2D eigenvalue weighted by molar-refractivity contribution is 0.138. The monoisotopic (exact) mass is 347 g/mol. The van der Waals surface area contributed by atoms with Crippen LogP contribution in [-0.4, -0.2) is 52.3 Å². The average molecular weight is 348 g/mol. The average Bonchev–Trinajstić information content (AvgIpc) is 3.09. The molecular formula is C19H33N5O. The summed E-state index contributed by atoms with van der Waals surface area (Å²) in [5.74, 6) is 1.80. The third kappa shape index (κ3) is 5.88. The summed E-state index contributed by atoms with van der Waals surface area (Å²) in [5, 5.41) is 6.89. The molecule has 0 spiro atoms. The van der Waals surface area contributed by atoms with Gasteiger partial charge in [-0.1, -0.05) is 18.9 Å². The molecule has 0 aromatic carbocycles. The first-order valence-corrected chi connectivity index (χ1v) is 9.15. The van der Waals surface area contributed by atoms with Gasteiger partial charge in [0, 0.05) is 41.4 Å². The SMILES string of the molecule is CN=C(NCc1cccc(N(C)C)n1)NCC1(CCOC)CCCC1. The summed E-state index contributed by atoms with van der Waals surface area (Å²) in [4.78, 5) is 11.0. The van der Waals surface area contributed by atoms with Crippen molar-refractivity contribution in [1.82, 2.24) is 15.6 Å². The Morgan fingerprint density at radius 1 is 1.28 bits per heavy atom. The molecule has 1 fully saturated rings. The number of hydrogen-bond acceptors (Lipinski definition) is 4. The first-order chi connectivity index (χ1) is 12.1. The molecule has 1 saturated carbocycles. The van der Waals surface area contributed by atoms with Gasteiger partial charge < -0.3 is 20.3 Å². The van der Waals surface area contributed by atoms with Crippen molar-refractivity contribution in [2.24, 2.45) is 10.4 Å². The number of rotatable bonds is 8. The number of aliphatic imine (C=N–C) groups is 1. The summed E-state index contributed by atoms with van der Waals surface area (Å²) in [6.45, 7) is 2.43. The summed E-state index contributed by atoms with van der Waals surface area (Å²) >= 11 is 0. The molecule has 25 heavy (non-hydrogen) atoms. The molecule has 2 rings (SSSR count). The summed E-state index contributed by atoms with van der Waals surface area (Å²) in [6.07, 6.45) is 6.29. The fourth-order valence-electron chi connectivity index (χ4n) is 3.44.